The summed E-state index contributed by atoms with van der Waals surface area (Å²) in [5.74, 6) is -1.86. The van der Waals surface area contributed by atoms with E-state index in [1.165, 1.54) is 12.5 Å². The SMILES string of the molecule is Nc1cc2c(CNC3CCC3)c(F)cc(CCO)c2cn1.Oc1ccc(F)c(C(F)(F)F)c1. The van der Waals surface area contributed by atoms with Gasteiger partial charge in [0.05, 0.1) is 5.56 Å². The van der Waals surface area contributed by atoms with Gasteiger partial charge in [-0.15, -0.1) is 0 Å². The molecule has 0 saturated heterocycles. The molecule has 4 rings (SSSR count). The summed E-state index contributed by atoms with van der Waals surface area (Å²) in [6, 6.07) is 5.49. The highest BCUT2D eigenvalue weighted by Gasteiger charge is 2.34. The fourth-order valence-corrected chi connectivity index (χ4v) is 3.52. The number of phenols is 1. The van der Waals surface area contributed by atoms with Gasteiger partial charge < -0.3 is 21.3 Å². The summed E-state index contributed by atoms with van der Waals surface area (Å²) in [4.78, 5) is 4.10. The number of aromatic nitrogens is 1. The van der Waals surface area contributed by atoms with Gasteiger partial charge in [-0.1, -0.05) is 6.42 Å². The van der Waals surface area contributed by atoms with Crippen LogP contribution in [-0.2, 0) is 19.1 Å². The van der Waals surface area contributed by atoms with E-state index in [-0.39, 0.29) is 12.4 Å². The molecule has 0 atom stereocenters. The first-order chi connectivity index (χ1) is 15.6. The largest absolute Gasteiger partial charge is 0.508 e. The highest BCUT2D eigenvalue weighted by molar-refractivity contribution is 5.90. The quantitative estimate of drug-likeness (QED) is 0.407. The molecule has 0 aliphatic heterocycles. The van der Waals surface area contributed by atoms with Crippen molar-refractivity contribution in [3.8, 4) is 5.75 Å². The van der Waals surface area contributed by atoms with Gasteiger partial charge in [0.15, 0.2) is 0 Å². The number of rotatable bonds is 5. The number of benzene rings is 2. The Bertz CT molecular complexity index is 1120. The summed E-state index contributed by atoms with van der Waals surface area (Å²) in [7, 11) is 0. The van der Waals surface area contributed by atoms with Gasteiger partial charge in [-0.25, -0.2) is 13.8 Å². The molecule has 0 amide bonds. The standard InChI is InChI=1S/C16H20FN3O.C7H4F4O/c17-15-6-10(4-5-21)13-8-20-16(18)7-12(13)14(15)9-19-11-2-1-3-11;8-6-2-1-4(12)3-5(6)7(9,10)11/h6-8,11,19,21H,1-5,9H2,(H2,18,20);1-3,12H. The van der Waals surface area contributed by atoms with Crippen LogP contribution in [0.2, 0.25) is 0 Å². The lowest BCUT2D eigenvalue weighted by Gasteiger charge is -2.27. The number of hydrogen-bond acceptors (Lipinski definition) is 5. The minimum Gasteiger partial charge on any atom is -0.508 e. The molecule has 0 bridgehead atoms. The minimum atomic E-state index is -4.76. The Morgan fingerprint density at radius 2 is 1.79 bits per heavy atom. The lowest BCUT2D eigenvalue weighted by atomic mass is 9.92. The maximum atomic E-state index is 14.4. The predicted octanol–water partition coefficient (Wildman–Crippen LogP) is 4.68. The van der Waals surface area contributed by atoms with Crippen molar-refractivity contribution in [2.45, 2.75) is 44.4 Å². The van der Waals surface area contributed by atoms with Crippen LogP contribution >= 0.6 is 0 Å². The number of nitrogens with two attached hydrogens (primary N) is 1. The van der Waals surface area contributed by atoms with Crippen molar-refractivity contribution in [2.24, 2.45) is 0 Å². The van der Waals surface area contributed by atoms with Crippen LogP contribution < -0.4 is 11.1 Å². The fraction of sp³-hybridized carbons (Fsp3) is 0.348. The van der Waals surface area contributed by atoms with Crippen LogP contribution in [0.5, 0.6) is 5.75 Å². The number of phenolic OH excluding ortho intramolecular Hbond substituents is 1. The number of fused-ring (bicyclic) bond motifs is 1. The Kier molecular flexibility index (Phi) is 7.70. The van der Waals surface area contributed by atoms with E-state index in [1.807, 2.05) is 0 Å². The van der Waals surface area contributed by atoms with E-state index in [2.05, 4.69) is 10.3 Å². The molecule has 1 fully saturated rings. The molecule has 33 heavy (non-hydrogen) atoms. The molecule has 1 saturated carbocycles. The molecule has 1 heterocycles. The van der Waals surface area contributed by atoms with E-state index in [0.29, 0.717) is 42.5 Å². The van der Waals surface area contributed by atoms with E-state index in [4.69, 9.17) is 15.9 Å². The molecular formula is C23H24F5N3O2. The highest BCUT2D eigenvalue weighted by Crippen LogP contribution is 2.33. The van der Waals surface area contributed by atoms with Crippen LogP contribution in [0.4, 0.5) is 27.8 Å². The number of aromatic hydroxyl groups is 1. The molecule has 5 N–H and O–H groups in total. The summed E-state index contributed by atoms with van der Waals surface area (Å²) < 4.78 is 62.5. The van der Waals surface area contributed by atoms with E-state index in [1.54, 1.807) is 12.3 Å². The van der Waals surface area contributed by atoms with Crippen LogP contribution in [0.25, 0.3) is 10.8 Å². The Balaban J connectivity index is 0.000000218. The van der Waals surface area contributed by atoms with Gasteiger partial charge in [-0.3, -0.25) is 0 Å². The van der Waals surface area contributed by atoms with Gasteiger partial charge in [0, 0.05) is 36.3 Å². The first-order valence-electron chi connectivity index (χ1n) is 10.4. The first kappa shape index (κ1) is 24.7. The summed E-state index contributed by atoms with van der Waals surface area (Å²) in [5.41, 5.74) is 5.70. The average molecular weight is 469 g/mol. The second-order valence-corrected chi connectivity index (χ2v) is 7.80. The van der Waals surface area contributed by atoms with Gasteiger partial charge >= 0.3 is 6.18 Å². The number of hydrogen-bond donors (Lipinski definition) is 4. The van der Waals surface area contributed by atoms with E-state index in [0.717, 1.165) is 35.2 Å². The summed E-state index contributed by atoms with van der Waals surface area (Å²) in [6.07, 6.45) is 0.880. The van der Waals surface area contributed by atoms with Crippen LogP contribution in [0.15, 0.2) is 36.5 Å². The topological polar surface area (TPSA) is 91.4 Å². The first-order valence-corrected chi connectivity index (χ1v) is 10.4. The number of pyridine rings is 1. The van der Waals surface area contributed by atoms with Gasteiger partial charge in [-0.05, 0) is 60.5 Å². The summed E-state index contributed by atoms with van der Waals surface area (Å²) in [6.45, 7) is 0.481. The van der Waals surface area contributed by atoms with E-state index < -0.39 is 23.3 Å². The number of aliphatic hydroxyl groups excluding tert-OH is 1. The van der Waals surface area contributed by atoms with Crippen LogP contribution in [0, 0.1) is 11.6 Å². The molecule has 0 radical (unpaired) electrons. The number of nitrogens with zero attached hydrogens (tertiary/aromatic N) is 1. The van der Waals surface area contributed by atoms with E-state index >= 15 is 0 Å². The lowest BCUT2D eigenvalue weighted by Crippen LogP contribution is -2.34. The number of anilines is 1. The third-order valence-corrected chi connectivity index (χ3v) is 5.49. The fourth-order valence-electron chi connectivity index (χ4n) is 3.52. The zero-order valence-electron chi connectivity index (χ0n) is 17.6. The Morgan fingerprint density at radius 1 is 1.06 bits per heavy atom. The Morgan fingerprint density at radius 3 is 2.36 bits per heavy atom. The van der Waals surface area contributed by atoms with Crippen LogP contribution in [-0.4, -0.2) is 27.8 Å². The third-order valence-electron chi connectivity index (χ3n) is 5.49. The zero-order valence-corrected chi connectivity index (χ0v) is 17.6. The molecule has 1 aliphatic carbocycles. The summed E-state index contributed by atoms with van der Waals surface area (Å²) >= 11 is 0. The van der Waals surface area contributed by atoms with Crippen molar-refractivity contribution in [1.29, 1.82) is 0 Å². The smallest absolute Gasteiger partial charge is 0.419 e. The molecular weight excluding hydrogens is 445 g/mol. The average Bonchev–Trinajstić information content (AvgIpc) is 2.70. The van der Waals surface area contributed by atoms with Crippen molar-refractivity contribution >= 4 is 16.6 Å². The predicted molar refractivity (Wildman–Crippen MR) is 114 cm³/mol. The van der Waals surface area contributed by atoms with Crippen molar-refractivity contribution in [2.75, 3.05) is 12.3 Å². The Hall–Kier alpha value is -2.98. The van der Waals surface area contributed by atoms with Crippen molar-refractivity contribution in [3.63, 3.8) is 0 Å². The molecule has 1 aliphatic rings. The molecule has 2 aromatic carbocycles. The summed E-state index contributed by atoms with van der Waals surface area (Å²) in [5, 5.41) is 22.8. The number of nitrogen functional groups attached to an aromatic ring is 1. The molecule has 178 valence electrons. The maximum Gasteiger partial charge on any atom is 0.419 e. The zero-order chi connectivity index (χ0) is 24.2. The molecule has 0 spiro atoms. The molecule has 5 nitrogen and oxygen atoms in total. The highest BCUT2D eigenvalue weighted by atomic mass is 19.4. The number of halogens is 5. The van der Waals surface area contributed by atoms with Gasteiger partial charge in [0.1, 0.15) is 23.2 Å². The van der Waals surface area contributed by atoms with Crippen molar-refractivity contribution in [3.05, 3.63) is 64.9 Å². The van der Waals surface area contributed by atoms with Gasteiger partial charge in [0.2, 0.25) is 0 Å². The van der Waals surface area contributed by atoms with Gasteiger partial charge in [-0.2, -0.15) is 13.2 Å². The van der Waals surface area contributed by atoms with Crippen molar-refractivity contribution < 1.29 is 32.2 Å². The van der Waals surface area contributed by atoms with Gasteiger partial charge in [0.25, 0.3) is 0 Å². The molecule has 3 aromatic rings. The lowest BCUT2D eigenvalue weighted by molar-refractivity contribution is -0.140. The number of nitrogens with one attached hydrogen (secondary N) is 1. The maximum absolute atomic E-state index is 14.4. The molecule has 1 aromatic heterocycles. The molecule has 0 unspecified atom stereocenters. The number of aliphatic hydroxyl groups is 1. The van der Waals surface area contributed by atoms with E-state index in [9.17, 15) is 22.0 Å². The third kappa shape index (κ3) is 6.08. The normalized spacial score (nSPS) is 14.0. The van der Waals surface area contributed by atoms with Crippen LogP contribution in [0.3, 0.4) is 0 Å². The minimum absolute atomic E-state index is 0.0153. The van der Waals surface area contributed by atoms with Crippen LogP contribution in [0.1, 0.15) is 36.0 Å². The monoisotopic (exact) mass is 469 g/mol. The molecule has 10 heteroatoms. The second-order valence-electron chi connectivity index (χ2n) is 7.80. The van der Waals surface area contributed by atoms with Crippen molar-refractivity contribution in [1.82, 2.24) is 10.3 Å². The Labute approximate surface area is 187 Å². The number of alkyl halides is 3. The second kappa shape index (κ2) is 10.3.